The largest absolute Gasteiger partial charge is 0.332 e. The highest BCUT2D eigenvalue weighted by atomic mass is 32.2. The Morgan fingerprint density at radius 3 is 2.35 bits per heavy atom. The van der Waals surface area contributed by atoms with E-state index in [0.29, 0.717) is 6.54 Å². The van der Waals surface area contributed by atoms with E-state index in [1.165, 1.54) is 19.2 Å². The fraction of sp³-hybridized carbons (Fsp3) is 0.333. The van der Waals surface area contributed by atoms with Crippen LogP contribution in [0.3, 0.4) is 0 Å². The van der Waals surface area contributed by atoms with Crippen molar-refractivity contribution in [3.05, 3.63) is 29.8 Å². The lowest BCUT2D eigenvalue weighted by Gasteiger charge is -2.08. The van der Waals surface area contributed by atoms with Crippen molar-refractivity contribution in [2.75, 3.05) is 7.05 Å². The van der Waals surface area contributed by atoms with Crippen LogP contribution in [0.15, 0.2) is 29.2 Å². The smallest absolute Gasteiger partial charge is 0.287 e. The van der Waals surface area contributed by atoms with Gasteiger partial charge in [0.25, 0.3) is 5.91 Å². The van der Waals surface area contributed by atoms with Crippen LogP contribution in [0, 0.1) is 0 Å². The van der Waals surface area contributed by atoms with Gasteiger partial charge >= 0.3 is 0 Å². The highest BCUT2D eigenvalue weighted by molar-refractivity contribution is 7.89. The number of rotatable bonds is 4. The first-order valence-corrected chi connectivity index (χ1v) is 7.59. The van der Waals surface area contributed by atoms with Crippen LogP contribution in [0.25, 0.3) is 0 Å². The van der Waals surface area contributed by atoms with Crippen LogP contribution >= 0.6 is 0 Å². The molecule has 0 bridgehead atoms. The number of hydrogen-bond donors (Lipinski definition) is 2. The van der Waals surface area contributed by atoms with Gasteiger partial charge in [-0.3, -0.25) is 14.5 Å². The van der Waals surface area contributed by atoms with E-state index in [0.717, 1.165) is 10.5 Å². The van der Waals surface area contributed by atoms with Crippen LogP contribution in [-0.4, -0.2) is 38.2 Å². The van der Waals surface area contributed by atoms with Gasteiger partial charge in [-0.25, -0.2) is 13.6 Å². The second-order valence-corrected chi connectivity index (χ2v) is 6.29. The van der Waals surface area contributed by atoms with Gasteiger partial charge in [0, 0.05) is 12.6 Å². The predicted octanol–water partition coefficient (Wildman–Crippen LogP) is -1.85. The summed E-state index contributed by atoms with van der Waals surface area (Å²) in [7, 11) is -2.22. The quantitative estimate of drug-likeness (QED) is 0.635. The van der Waals surface area contributed by atoms with Crippen molar-refractivity contribution in [1.82, 2.24) is 4.90 Å². The molecule has 20 heavy (non-hydrogen) atoms. The number of amides is 2. The van der Waals surface area contributed by atoms with Gasteiger partial charge in [-0.1, -0.05) is 12.1 Å². The Morgan fingerprint density at radius 2 is 1.90 bits per heavy atom. The summed E-state index contributed by atoms with van der Waals surface area (Å²) >= 11 is 0. The Balaban J connectivity index is 1.99. The summed E-state index contributed by atoms with van der Waals surface area (Å²) in [5, 5.41) is 6.78. The molecular weight excluding hydrogens is 282 g/mol. The lowest BCUT2D eigenvalue weighted by Crippen LogP contribution is -2.90. The minimum atomic E-state index is -3.69. The molecule has 4 N–H and O–H groups in total. The monoisotopic (exact) mass is 298 g/mol. The van der Waals surface area contributed by atoms with Gasteiger partial charge in [0.1, 0.15) is 6.54 Å². The molecule has 0 aliphatic carbocycles. The molecule has 1 aromatic rings. The molecule has 1 saturated heterocycles. The molecule has 1 atom stereocenters. The molecule has 2 rings (SSSR count). The maximum atomic E-state index is 11.7. The van der Waals surface area contributed by atoms with E-state index in [-0.39, 0.29) is 23.1 Å². The normalized spacial score (nSPS) is 19.7. The van der Waals surface area contributed by atoms with E-state index in [1.807, 2.05) is 0 Å². The highest BCUT2D eigenvalue weighted by Crippen LogP contribution is 2.09. The van der Waals surface area contributed by atoms with Gasteiger partial charge in [0.15, 0.2) is 6.04 Å². The van der Waals surface area contributed by atoms with Crippen molar-refractivity contribution in [2.45, 2.75) is 23.9 Å². The number of nitrogens with zero attached hydrogens (tertiary/aromatic N) is 1. The molecular formula is C12H16N3O4S+. The van der Waals surface area contributed by atoms with E-state index in [4.69, 9.17) is 5.14 Å². The summed E-state index contributed by atoms with van der Waals surface area (Å²) in [6.07, 6.45) is 0.199. The molecule has 1 aliphatic rings. The second kappa shape index (κ2) is 5.31. The molecule has 1 aromatic carbocycles. The average molecular weight is 298 g/mol. The van der Waals surface area contributed by atoms with Gasteiger partial charge in [-0.05, 0) is 12.1 Å². The number of quaternary nitrogens is 1. The third kappa shape index (κ3) is 3.03. The summed E-state index contributed by atoms with van der Waals surface area (Å²) < 4.78 is 22.2. The molecule has 0 saturated carbocycles. The van der Waals surface area contributed by atoms with Gasteiger partial charge < -0.3 is 5.32 Å². The maximum Gasteiger partial charge on any atom is 0.287 e. The Hall–Kier alpha value is -1.77. The van der Waals surface area contributed by atoms with Crippen molar-refractivity contribution in [2.24, 2.45) is 5.14 Å². The number of likely N-dealkylation sites (N-methyl/N-ethyl adjacent to an activating group) is 1. The van der Waals surface area contributed by atoms with E-state index in [2.05, 4.69) is 0 Å². The molecule has 8 heteroatoms. The van der Waals surface area contributed by atoms with E-state index >= 15 is 0 Å². The van der Waals surface area contributed by atoms with E-state index in [9.17, 15) is 18.0 Å². The summed E-state index contributed by atoms with van der Waals surface area (Å²) in [4.78, 5) is 24.2. The SMILES string of the molecule is CN1C(=O)C[C@@H]([NH2+]Cc2ccc(S(N)(=O)=O)cc2)C1=O. The highest BCUT2D eigenvalue weighted by Gasteiger charge is 2.38. The van der Waals surface area contributed by atoms with Crippen LogP contribution in [0.1, 0.15) is 12.0 Å². The van der Waals surface area contributed by atoms with Crippen LogP contribution < -0.4 is 10.5 Å². The average Bonchev–Trinajstić information content (AvgIpc) is 2.63. The van der Waals surface area contributed by atoms with E-state index in [1.54, 1.807) is 17.4 Å². The lowest BCUT2D eigenvalue weighted by molar-refractivity contribution is -0.690. The Kier molecular flexibility index (Phi) is 3.89. The second-order valence-electron chi connectivity index (χ2n) is 4.73. The topological polar surface area (TPSA) is 114 Å². The van der Waals surface area contributed by atoms with Gasteiger partial charge in [0.2, 0.25) is 15.9 Å². The third-order valence-electron chi connectivity index (χ3n) is 3.31. The first kappa shape index (κ1) is 14.6. The predicted molar refractivity (Wildman–Crippen MR) is 69.6 cm³/mol. The molecule has 2 amide bonds. The number of sulfonamides is 1. The van der Waals surface area contributed by atoms with Crippen molar-refractivity contribution in [1.29, 1.82) is 0 Å². The fourth-order valence-corrected chi connectivity index (χ4v) is 2.58. The first-order valence-electron chi connectivity index (χ1n) is 6.04. The summed E-state index contributed by atoms with van der Waals surface area (Å²) in [5.41, 5.74) is 0.854. The Labute approximate surface area is 116 Å². The zero-order valence-electron chi connectivity index (χ0n) is 10.9. The number of carbonyl (C=O) groups is 2. The minimum absolute atomic E-state index is 0.0492. The number of likely N-dealkylation sites (tertiary alicyclic amines) is 1. The zero-order valence-corrected chi connectivity index (χ0v) is 11.8. The summed E-state index contributed by atoms with van der Waals surface area (Å²) in [6, 6.07) is 5.73. The van der Waals surface area contributed by atoms with E-state index < -0.39 is 16.1 Å². The standard InChI is InChI=1S/C12H15N3O4S/c1-15-11(16)6-10(12(15)17)14-7-8-2-4-9(5-3-8)20(13,18)19/h2-5,10,14H,6-7H2,1H3,(H2,13,18,19)/p+1/t10-/m1/s1. The summed E-state index contributed by atoms with van der Waals surface area (Å²) in [6.45, 7) is 0.489. The zero-order chi connectivity index (χ0) is 14.9. The van der Waals surface area contributed by atoms with Crippen LogP contribution in [0.4, 0.5) is 0 Å². The Morgan fingerprint density at radius 1 is 1.30 bits per heavy atom. The van der Waals surface area contributed by atoms with Crippen LogP contribution in [-0.2, 0) is 26.2 Å². The Bertz CT molecular complexity index is 639. The number of benzene rings is 1. The number of carbonyl (C=O) groups excluding carboxylic acids is 2. The van der Waals surface area contributed by atoms with Crippen molar-refractivity contribution >= 4 is 21.8 Å². The van der Waals surface area contributed by atoms with Crippen LogP contribution in [0.5, 0.6) is 0 Å². The number of hydrogen-bond acceptors (Lipinski definition) is 4. The lowest BCUT2D eigenvalue weighted by atomic mass is 10.2. The van der Waals surface area contributed by atoms with Crippen LogP contribution in [0.2, 0.25) is 0 Å². The maximum absolute atomic E-state index is 11.7. The van der Waals surface area contributed by atoms with Crippen molar-refractivity contribution < 1.29 is 23.3 Å². The van der Waals surface area contributed by atoms with Gasteiger partial charge in [-0.2, -0.15) is 0 Å². The fourth-order valence-electron chi connectivity index (χ4n) is 2.06. The van der Waals surface area contributed by atoms with Gasteiger partial charge in [0.05, 0.1) is 11.3 Å². The number of primary sulfonamides is 1. The van der Waals surface area contributed by atoms with Crippen molar-refractivity contribution in [3.8, 4) is 0 Å². The van der Waals surface area contributed by atoms with Crippen molar-refractivity contribution in [3.63, 3.8) is 0 Å². The minimum Gasteiger partial charge on any atom is -0.332 e. The molecule has 0 unspecified atom stereocenters. The molecule has 1 aliphatic heterocycles. The number of nitrogens with two attached hydrogens (primary N) is 2. The molecule has 7 nitrogen and oxygen atoms in total. The summed E-state index contributed by atoms with van der Waals surface area (Å²) in [5.74, 6) is -0.378. The first-order chi connectivity index (χ1) is 9.29. The molecule has 108 valence electrons. The number of imide groups is 1. The molecule has 0 radical (unpaired) electrons. The molecule has 0 spiro atoms. The molecule has 0 aromatic heterocycles. The van der Waals surface area contributed by atoms with Gasteiger partial charge in [-0.15, -0.1) is 0 Å². The molecule has 1 heterocycles. The molecule has 1 fully saturated rings. The third-order valence-corrected chi connectivity index (χ3v) is 4.24.